The van der Waals surface area contributed by atoms with Gasteiger partial charge in [0.1, 0.15) is 6.10 Å². The summed E-state index contributed by atoms with van der Waals surface area (Å²) in [6.45, 7) is 3.67. The molecule has 1 rings (SSSR count). The summed E-state index contributed by atoms with van der Waals surface area (Å²) in [6, 6.07) is -0.784. The molecule has 0 bridgehead atoms. The lowest BCUT2D eigenvalue weighted by molar-refractivity contribution is -0.243. The normalized spacial score (nSPS) is 35.6. The molecule has 7 nitrogen and oxygen atoms in total. The SMILES string of the molecule is C=CCO[C@@H]1OC[C@H](N=[N+]=[N-])C(O)[C@@H]1O. The molecule has 0 aromatic carbocycles. The van der Waals surface area contributed by atoms with Crippen LogP contribution in [0.2, 0.25) is 0 Å². The zero-order valence-electron chi connectivity index (χ0n) is 8.06. The maximum atomic E-state index is 9.54. The minimum Gasteiger partial charge on any atom is -0.390 e. The van der Waals surface area contributed by atoms with Crippen molar-refractivity contribution in [2.75, 3.05) is 13.2 Å². The maximum Gasteiger partial charge on any atom is 0.186 e. The van der Waals surface area contributed by atoms with Crippen molar-refractivity contribution in [1.82, 2.24) is 0 Å². The first kappa shape index (κ1) is 12.0. The van der Waals surface area contributed by atoms with Gasteiger partial charge in [-0.15, -0.1) is 6.58 Å². The average molecular weight is 215 g/mol. The summed E-state index contributed by atoms with van der Waals surface area (Å²) in [7, 11) is 0. The van der Waals surface area contributed by atoms with Gasteiger partial charge in [0, 0.05) is 4.91 Å². The molecule has 0 aliphatic carbocycles. The summed E-state index contributed by atoms with van der Waals surface area (Å²) >= 11 is 0. The smallest absolute Gasteiger partial charge is 0.186 e. The Morgan fingerprint density at radius 3 is 2.93 bits per heavy atom. The van der Waals surface area contributed by atoms with Gasteiger partial charge in [0.05, 0.1) is 25.4 Å². The van der Waals surface area contributed by atoms with Crippen molar-refractivity contribution in [2.45, 2.75) is 24.5 Å². The Balaban J connectivity index is 2.55. The van der Waals surface area contributed by atoms with Gasteiger partial charge in [-0.25, -0.2) is 0 Å². The molecule has 2 N–H and O–H groups in total. The summed E-state index contributed by atoms with van der Waals surface area (Å²) in [5, 5.41) is 22.4. The summed E-state index contributed by atoms with van der Waals surface area (Å²) < 4.78 is 10.1. The lowest BCUT2D eigenvalue weighted by Gasteiger charge is -2.35. The van der Waals surface area contributed by atoms with Crippen LogP contribution in [0, 0.1) is 0 Å². The van der Waals surface area contributed by atoms with Gasteiger partial charge >= 0.3 is 0 Å². The van der Waals surface area contributed by atoms with E-state index in [-0.39, 0.29) is 13.2 Å². The van der Waals surface area contributed by atoms with Crippen molar-refractivity contribution in [2.24, 2.45) is 5.11 Å². The second kappa shape index (κ2) is 5.69. The highest BCUT2D eigenvalue weighted by Gasteiger charge is 2.38. The Morgan fingerprint density at radius 1 is 1.60 bits per heavy atom. The molecule has 0 radical (unpaired) electrons. The highest BCUT2D eigenvalue weighted by atomic mass is 16.7. The van der Waals surface area contributed by atoms with E-state index < -0.39 is 24.5 Å². The minimum atomic E-state index is -1.23. The van der Waals surface area contributed by atoms with Gasteiger partial charge in [-0.2, -0.15) is 0 Å². The molecule has 1 aliphatic heterocycles. The molecule has 1 aliphatic rings. The molecular weight excluding hydrogens is 202 g/mol. The standard InChI is InChI=1S/C8H13N3O4/c1-2-3-14-8-7(13)6(12)5(4-15-8)10-11-9/h2,5-8,12-13H,1,3-4H2/t5-,6?,7-,8+/m0/s1. The first-order valence-corrected chi connectivity index (χ1v) is 4.45. The molecule has 0 saturated carbocycles. The summed E-state index contributed by atoms with van der Waals surface area (Å²) in [6.07, 6.45) is -1.82. The minimum absolute atomic E-state index is 0.0180. The highest BCUT2D eigenvalue weighted by Crippen LogP contribution is 2.18. The summed E-state index contributed by atoms with van der Waals surface area (Å²) in [4.78, 5) is 2.55. The van der Waals surface area contributed by atoms with E-state index >= 15 is 0 Å². The van der Waals surface area contributed by atoms with Crippen molar-refractivity contribution in [3.05, 3.63) is 23.1 Å². The van der Waals surface area contributed by atoms with Crippen LogP contribution in [0.5, 0.6) is 0 Å². The molecule has 7 heteroatoms. The fourth-order valence-electron chi connectivity index (χ4n) is 1.26. The molecule has 1 heterocycles. The molecule has 1 unspecified atom stereocenters. The number of ether oxygens (including phenoxy) is 2. The Kier molecular flexibility index (Phi) is 4.54. The van der Waals surface area contributed by atoms with Gasteiger partial charge in [0.15, 0.2) is 6.29 Å². The Morgan fingerprint density at radius 2 is 2.33 bits per heavy atom. The van der Waals surface area contributed by atoms with Crippen LogP contribution in [0.15, 0.2) is 17.8 Å². The third kappa shape index (κ3) is 2.92. The number of aliphatic hydroxyl groups is 2. The van der Waals surface area contributed by atoms with Gasteiger partial charge < -0.3 is 19.7 Å². The highest BCUT2D eigenvalue weighted by molar-refractivity contribution is 4.88. The third-order valence-corrected chi connectivity index (χ3v) is 2.03. The molecule has 0 aromatic heterocycles. The van der Waals surface area contributed by atoms with E-state index in [1.165, 1.54) is 6.08 Å². The first-order chi connectivity index (χ1) is 7.20. The Bertz CT molecular complexity index is 267. The zero-order valence-corrected chi connectivity index (χ0v) is 8.06. The average Bonchev–Trinajstić information content (AvgIpc) is 2.24. The largest absolute Gasteiger partial charge is 0.390 e. The van der Waals surface area contributed by atoms with E-state index in [1.54, 1.807) is 0 Å². The van der Waals surface area contributed by atoms with Crippen LogP contribution in [0.1, 0.15) is 0 Å². The summed E-state index contributed by atoms with van der Waals surface area (Å²) in [5.74, 6) is 0. The van der Waals surface area contributed by atoms with Crippen LogP contribution >= 0.6 is 0 Å². The quantitative estimate of drug-likeness (QED) is 0.296. The Labute approximate surface area is 86.5 Å². The second-order valence-corrected chi connectivity index (χ2v) is 3.08. The van der Waals surface area contributed by atoms with Crippen LogP contribution < -0.4 is 0 Å². The predicted molar refractivity (Wildman–Crippen MR) is 50.8 cm³/mol. The lowest BCUT2D eigenvalue weighted by atomic mass is 10.0. The zero-order chi connectivity index (χ0) is 11.3. The van der Waals surface area contributed by atoms with Crippen LogP contribution in [0.3, 0.4) is 0 Å². The molecule has 84 valence electrons. The van der Waals surface area contributed by atoms with E-state index in [4.69, 9.17) is 15.0 Å². The number of hydrogen-bond donors (Lipinski definition) is 2. The van der Waals surface area contributed by atoms with Crippen LogP contribution in [-0.4, -0.2) is 48.0 Å². The van der Waals surface area contributed by atoms with E-state index in [0.717, 1.165) is 0 Å². The molecule has 1 saturated heterocycles. The van der Waals surface area contributed by atoms with E-state index in [0.29, 0.717) is 0 Å². The van der Waals surface area contributed by atoms with E-state index in [9.17, 15) is 10.2 Å². The summed E-state index contributed by atoms with van der Waals surface area (Å²) in [5.41, 5.74) is 8.20. The van der Waals surface area contributed by atoms with Crippen molar-refractivity contribution in [3.8, 4) is 0 Å². The number of rotatable bonds is 4. The van der Waals surface area contributed by atoms with Gasteiger partial charge in [0.2, 0.25) is 0 Å². The number of hydrogen-bond acceptors (Lipinski definition) is 5. The molecule has 0 spiro atoms. The maximum absolute atomic E-state index is 9.54. The lowest BCUT2D eigenvalue weighted by Crippen LogP contribution is -2.53. The fraction of sp³-hybridized carbons (Fsp3) is 0.750. The third-order valence-electron chi connectivity index (χ3n) is 2.03. The number of nitrogens with zero attached hydrogens (tertiary/aromatic N) is 3. The van der Waals surface area contributed by atoms with Gasteiger partial charge in [-0.3, -0.25) is 0 Å². The van der Waals surface area contributed by atoms with Crippen molar-refractivity contribution < 1.29 is 19.7 Å². The monoisotopic (exact) mass is 215 g/mol. The van der Waals surface area contributed by atoms with Crippen molar-refractivity contribution >= 4 is 0 Å². The number of azide groups is 1. The topological polar surface area (TPSA) is 108 Å². The fourth-order valence-corrected chi connectivity index (χ4v) is 1.26. The van der Waals surface area contributed by atoms with Gasteiger partial charge in [-0.1, -0.05) is 11.2 Å². The molecule has 1 fully saturated rings. The van der Waals surface area contributed by atoms with Gasteiger partial charge in [0.25, 0.3) is 0 Å². The van der Waals surface area contributed by atoms with Crippen LogP contribution in [-0.2, 0) is 9.47 Å². The van der Waals surface area contributed by atoms with E-state index in [2.05, 4.69) is 16.6 Å². The van der Waals surface area contributed by atoms with Crippen molar-refractivity contribution in [3.63, 3.8) is 0 Å². The van der Waals surface area contributed by atoms with E-state index in [1.807, 2.05) is 0 Å². The predicted octanol–water partition coefficient (Wildman–Crippen LogP) is -0.0540. The molecule has 15 heavy (non-hydrogen) atoms. The molecule has 4 atom stereocenters. The molecular formula is C8H13N3O4. The van der Waals surface area contributed by atoms with Gasteiger partial charge in [-0.05, 0) is 5.53 Å². The molecule has 0 amide bonds. The molecule has 0 aromatic rings. The second-order valence-electron chi connectivity index (χ2n) is 3.08. The van der Waals surface area contributed by atoms with Crippen LogP contribution in [0.4, 0.5) is 0 Å². The Hall–Kier alpha value is -1.11. The van der Waals surface area contributed by atoms with Crippen molar-refractivity contribution in [1.29, 1.82) is 0 Å². The first-order valence-electron chi connectivity index (χ1n) is 4.45. The number of aliphatic hydroxyl groups excluding tert-OH is 2. The van der Waals surface area contributed by atoms with Crippen LogP contribution in [0.25, 0.3) is 10.4 Å².